The summed E-state index contributed by atoms with van der Waals surface area (Å²) in [6.45, 7) is -1.29. The lowest BCUT2D eigenvalue weighted by atomic mass is 9.96. The second-order valence-corrected chi connectivity index (χ2v) is 6.61. The average Bonchev–Trinajstić information content (AvgIpc) is 2.98. The van der Waals surface area contributed by atoms with Gasteiger partial charge < -0.3 is 9.47 Å². The molecule has 0 aromatic rings. The van der Waals surface area contributed by atoms with Gasteiger partial charge in [-0.25, -0.2) is 9.59 Å². The molecule has 1 N–H and O–H groups in total. The Morgan fingerprint density at radius 3 is 2.45 bits per heavy atom. The van der Waals surface area contributed by atoms with Gasteiger partial charge in [0.05, 0.1) is 0 Å². The third kappa shape index (κ3) is 2.95. The molecule has 2 saturated carbocycles. The molecule has 2 aliphatic rings. The topological polar surface area (TPSA) is 124 Å². The number of ether oxygens (including phenoxy) is 2. The van der Waals surface area contributed by atoms with Crippen molar-refractivity contribution in [2.45, 2.75) is 30.6 Å². The Balaban J connectivity index is 1.86. The molecule has 2 fully saturated rings. The maximum atomic E-state index is 12.8. The first-order valence-corrected chi connectivity index (χ1v) is 7.73. The lowest BCUT2D eigenvalue weighted by Crippen LogP contribution is -2.40. The van der Waals surface area contributed by atoms with Crippen LogP contribution in [0.4, 0.5) is 8.78 Å². The second-order valence-electron chi connectivity index (χ2n) is 5.15. The fraction of sp³-hybridized carbons (Fsp3) is 0.727. The molecule has 2 rings (SSSR count). The number of hydrogen-bond donors (Lipinski definition) is 1. The van der Waals surface area contributed by atoms with Crippen LogP contribution in [0.15, 0.2) is 0 Å². The van der Waals surface area contributed by atoms with E-state index >= 15 is 0 Å². The van der Waals surface area contributed by atoms with Crippen LogP contribution in [0.25, 0.3) is 0 Å². The van der Waals surface area contributed by atoms with Gasteiger partial charge in [0.15, 0.2) is 18.5 Å². The molecule has 3 atom stereocenters. The SMILES string of the molecule is O=C(COC(=O)C(F)(F)S(=O)(=O)O)OC1C(=O)C2CCC1C2. The van der Waals surface area contributed by atoms with E-state index in [0.29, 0.717) is 19.3 Å². The maximum absolute atomic E-state index is 12.8. The van der Waals surface area contributed by atoms with Crippen molar-refractivity contribution in [3.63, 3.8) is 0 Å². The van der Waals surface area contributed by atoms with Gasteiger partial charge >= 0.3 is 27.3 Å². The highest BCUT2D eigenvalue weighted by molar-refractivity contribution is 7.87. The summed E-state index contributed by atoms with van der Waals surface area (Å²) in [5.41, 5.74) is 0. The number of esters is 2. The highest BCUT2D eigenvalue weighted by Gasteiger charge is 2.54. The third-order valence-corrected chi connectivity index (χ3v) is 4.54. The zero-order valence-corrected chi connectivity index (χ0v) is 11.8. The quantitative estimate of drug-likeness (QED) is 0.543. The van der Waals surface area contributed by atoms with E-state index in [-0.39, 0.29) is 17.6 Å². The second kappa shape index (κ2) is 5.54. The van der Waals surface area contributed by atoms with E-state index in [2.05, 4.69) is 4.74 Å². The molecule has 0 radical (unpaired) electrons. The largest absolute Gasteiger partial charge is 0.465 e. The highest BCUT2D eigenvalue weighted by Crippen LogP contribution is 2.43. The number of hydrogen-bond acceptors (Lipinski definition) is 7. The molecule has 124 valence electrons. The predicted octanol–water partition coefficient (Wildman–Crippen LogP) is -0.0790. The Bertz CT molecular complexity index is 614. The van der Waals surface area contributed by atoms with E-state index in [9.17, 15) is 31.6 Å². The average molecular weight is 342 g/mol. The van der Waals surface area contributed by atoms with Crippen molar-refractivity contribution in [1.82, 2.24) is 0 Å². The van der Waals surface area contributed by atoms with Crippen LogP contribution in [0, 0.1) is 11.8 Å². The maximum Gasteiger partial charge on any atom is 0.465 e. The molecule has 0 heterocycles. The Kier molecular flexibility index (Phi) is 4.22. The standard InChI is InChI=1S/C11H12F2O8S/c12-11(13,22(17,18)19)10(16)20-4-7(14)21-9-6-2-1-5(3-6)8(9)15/h5-6,9H,1-4H2,(H,17,18,19). The molecular formula is C11H12F2O8S. The van der Waals surface area contributed by atoms with E-state index < -0.39 is 40.0 Å². The summed E-state index contributed by atoms with van der Waals surface area (Å²) in [7, 11) is -6.00. The van der Waals surface area contributed by atoms with Crippen molar-refractivity contribution < 1.29 is 45.6 Å². The molecule has 0 aliphatic heterocycles. The Hall–Kier alpha value is -1.62. The van der Waals surface area contributed by atoms with E-state index in [4.69, 9.17) is 9.29 Å². The molecule has 0 saturated heterocycles. The van der Waals surface area contributed by atoms with Crippen molar-refractivity contribution in [2.75, 3.05) is 6.61 Å². The van der Waals surface area contributed by atoms with E-state index in [1.807, 2.05) is 0 Å². The van der Waals surface area contributed by atoms with Crippen molar-refractivity contribution in [1.29, 1.82) is 0 Å². The summed E-state index contributed by atoms with van der Waals surface area (Å²) in [4.78, 5) is 34.0. The summed E-state index contributed by atoms with van der Waals surface area (Å²) in [5, 5.41) is -5.18. The van der Waals surface area contributed by atoms with Gasteiger partial charge in [-0.05, 0) is 19.3 Å². The van der Waals surface area contributed by atoms with Crippen LogP contribution in [0.2, 0.25) is 0 Å². The minimum atomic E-state index is -6.00. The first kappa shape index (κ1) is 16.7. The molecule has 11 heteroatoms. The zero-order chi connectivity index (χ0) is 16.7. The van der Waals surface area contributed by atoms with Crippen LogP contribution in [-0.2, 0) is 34.0 Å². The lowest BCUT2D eigenvalue weighted by Gasteiger charge is -2.20. The molecule has 22 heavy (non-hydrogen) atoms. The predicted molar refractivity (Wildman–Crippen MR) is 63.2 cm³/mol. The van der Waals surface area contributed by atoms with E-state index in [0.717, 1.165) is 0 Å². The van der Waals surface area contributed by atoms with Crippen molar-refractivity contribution in [3.05, 3.63) is 0 Å². The summed E-state index contributed by atoms with van der Waals surface area (Å²) in [6, 6.07) is 0. The highest BCUT2D eigenvalue weighted by atomic mass is 32.2. The molecule has 0 aromatic heterocycles. The number of fused-ring (bicyclic) bond motifs is 2. The summed E-state index contributed by atoms with van der Waals surface area (Å²) >= 11 is 0. The summed E-state index contributed by atoms with van der Waals surface area (Å²) in [5.74, 6) is -4.40. The fourth-order valence-electron chi connectivity index (χ4n) is 2.66. The molecule has 0 aromatic carbocycles. The van der Waals surface area contributed by atoms with Crippen LogP contribution in [-0.4, -0.2) is 48.7 Å². The van der Waals surface area contributed by atoms with Crippen LogP contribution in [0.3, 0.4) is 0 Å². The number of rotatable bonds is 5. The molecule has 3 unspecified atom stereocenters. The number of halogens is 2. The molecule has 8 nitrogen and oxygen atoms in total. The number of alkyl halides is 2. The monoisotopic (exact) mass is 342 g/mol. The first-order valence-electron chi connectivity index (χ1n) is 6.29. The minimum absolute atomic E-state index is 0.128. The van der Waals surface area contributed by atoms with Crippen LogP contribution in [0.1, 0.15) is 19.3 Å². The van der Waals surface area contributed by atoms with Gasteiger partial charge in [-0.3, -0.25) is 9.35 Å². The van der Waals surface area contributed by atoms with E-state index in [1.165, 1.54) is 0 Å². The van der Waals surface area contributed by atoms with Gasteiger partial charge in [-0.15, -0.1) is 0 Å². The van der Waals surface area contributed by atoms with Gasteiger partial charge in [0.25, 0.3) is 0 Å². The van der Waals surface area contributed by atoms with Crippen LogP contribution >= 0.6 is 0 Å². The van der Waals surface area contributed by atoms with Gasteiger partial charge in [0.2, 0.25) is 0 Å². The Morgan fingerprint density at radius 2 is 1.95 bits per heavy atom. The summed E-state index contributed by atoms with van der Waals surface area (Å²) < 4.78 is 63.0. The minimum Gasteiger partial charge on any atom is -0.452 e. The van der Waals surface area contributed by atoms with Gasteiger partial charge in [-0.1, -0.05) is 0 Å². The smallest absolute Gasteiger partial charge is 0.452 e. The number of carbonyl (C=O) groups excluding carboxylic acids is 3. The van der Waals surface area contributed by atoms with Crippen LogP contribution < -0.4 is 0 Å². The molecule has 2 bridgehead atoms. The molecule has 0 amide bonds. The first-order chi connectivity index (χ1) is 10.0. The Labute approximate surface area is 123 Å². The molecular weight excluding hydrogens is 330 g/mol. The van der Waals surface area contributed by atoms with Gasteiger partial charge in [0, 0.05) is 11.8 Å². The Morgan fingerprint density at radius 1 is 1.32 bits per heavy atom. The fourth-order valence-corrected chi connectivity index (χ4v) is 2.93. The number of Topliss-reactive ketones (excluding diaryl/α,β-unsaturated/α-hetero) is 1. The van der Waals surface area contributed by atoms with E-state index in [1.54, 1.807) is 0 Å². The number of ketones is 1. The molecule has 2 aliphatic carbocycles. The van der Waals surface area contributed by atoms with Gasteiger partial charge in [-0.2, -0.15) is 17.2 Å². The molecule has 0 spiro atoms. The lowest BCUT2D eigenvalue weighted by molar-refractivity contribution is -0.173. The van der Waals surface area contributed by atoms with Crippen molar-refractivity contribution in [3.8, 4) is 0 Å². The number of carbonyl (C=O) groups is 3. The normalized spacial score (nSPS) is 27.8. The third-order valence-electron chi connectivity index (χ3n) is 3.73. The van der Waals surface area contributed by atoms with Gasteiger partial charge in [0.1, 0.15) is 0 Å². The van der Waals surface area contributed by atoms with Crippen molar-refractivity contribution >= 4 is 27.8 Å². The zero-order valence-electron chi connectivity index (χ0n) is 11.0. The van der Waals surface area contributed by atoms with Crippen LogP contribution in [0.5, 0.6) is 0 Å². The van der Waals surface area contributed by atoms with Crippen molar-refractivity contribution in [2.24, 2.45) is 11.8 Å². The summed E-state index contributed by atoms with van der Waals surface area (Å²) in [6.07, 6.45) is 1.03.